The fourth-order valence-corrected chi connectivity index (χ4v) is 2.70. The summed E-state index contributed by atoms with van der Waals surface area (Å²) >= 11 is 1.50. The highest BCUT2D eigenvalue weighted by atomic mass is 32.1. The van der Waals surface area contributed by atoms with E-state index in [2.05, 4.69) is 26.5 Å². The molecule has 0 bridgehead atoms. The van der Waals surface area contributed by atoms with Gasteiger partial charge in [-0.25, -0.2) is 4.98 Å². The lowest BCUT2D eigenvalue weighted by molar-refractivity contribution is 0.439. The molecule has 0 spiro atoms. The minimum absolute atomic E-state index is 0.603. The summed E-state index contributed by atoms with van der Waals surface area (Å²) in [5.74, 6) is 0. The second-order valence-corrected chi connectivity index (χ2v) is 4.63. The molecule has 0 aromatic carbocycles. The molecule has 0 saturated carbocycles. The third kappa shape index (κ3) is 2.66. The predicted octanol–water partition coefficient (Wildman–Crippen LogP) is 1.51. The summed E-state index contributed by atoms with van der Waals surface area (Å²) < 4.78 is 4.08. The first-order chi connectivity index (χ1) is 7.42. The van der Waals surface area contributed by atoms with Gasteiger partial charge in [0.2, 0.25) is 5.13 Å². The largest absolute Gasteiger partial charge is 0.343 e. The van der Waals surface area contributed by atoms with Gasteiger partial charge < -0.3 is 10.2 Å². The molecule has 1 aliphatic heterocycles. The van der Waals surface area contributed by atoms with E-state index in [0.717, 1.165) is 24.8 Å². The van der Waals surface area contributed by atoms with E-state index in [-0.39, 0.29) is 0 Å². The van der Waals surface area contributed by atoms with Crippen LogP contribution in [-0.2, 0) is 0 Å². The van der Waals surface area contributed by atoms with Crippen molar-refractivity contribution in [1.82, 2.24) is 14.7 Å². The Morgan fingerprint density at radius 1 is 1.60 bits per heavy atom. The van der Waals surface area contributed by atoms with Crippen LogP contribution in [0.1, 0.15) is 26.2 Å². The maximum absolute atomic E-state index is 4.30. The predicted molar refractivity (Wildman–Crippen MR) is 63.4 cm³/mol. The van der Waals surface area contributed by atoms with E-state index in [9.17, 15) is 0 Å². The molecule has 0 amide bonds. The summed E-state index contributed by atoms with van der Waals surface area (Å²) in [6.45, 7) is 5.39. The molecule has 1 aromatic rings. The average Bonchev–Trinajstić information content (AvgIpc) is 2.80. The van der Waals surface area contributed by atoms with Crippen LogP contribution in [0.5, 0.6) is 0 Å². The molecular formula is C10H18N4S. The van der Waals surface area contributed by atoms with Gasteiger partial charge in [-0.1, -0.05) is 6.92 Å². The lowest BCUT2D eigenvalue weighted by Gasteiger charge is -2.35. The first kappa shape index (κ1) is 10.8. The quantitative estimate of drug-likeness (QED) is 0.845. The summed E-state index contributed by atoms with van der Waals surface area (Å²) in [6, 6.07) is 0.603. The molecule has 1 unspecified atom stereocenters. The van der Waals surface area contributed by atoms with Gasteiger partial charge in [0.25, 0.3) is 0 Å². The Labute approximate surface area is 94.9 Å². The molecule has 5 heteroatoms. The van der Waals surface area contributed by atoms with Crippen LogP contribution in [0.4, 0.5) is 5.13 Å². The fourth-order valence-electron chi connectivity index (χ4n) is 2.07. The number of hydrogen-bond acceptors (Lipinski definition) is 5. The second kappa shape index (κ2) is 5.42. The normalized spacial score (nSPS) is 21.9. The van der Waals surface area contributed by atoms with Crippen LogP contribution in [0.25, 0.3) is 0 Å². The summed E-state index contributed by atoms with van der Waals surface area (Å²) in [6.07, 6.45) is 5.54. The Balaban J connectivity index is 1.99. The van der Waals surface area contributed by atoms with E-state index in [0.29, 0.717) is 6.04 Å². The summed E-state index contributed by atoms with van der Waals surface area (Å²) in [5, 5.41) is 4.51. The highest BCUT2D eigenvalue weighted by molar-refractivity contribution is 7.09. The maximum atomic E-state index is 4.30. The number of rotatable bonds is 4. The number of hydrogen-bond donors (Lipinski definition) is 1. The van der Waals surface area contributed by atoms with Crippen LogP contribution < -0.4 is 10.2 Å². The Morgan fingerprint density at radius 3 is 3.27 bits per heavy atom. The molecule has 1 aliphatic rings. The van der Waals surface area contributed by atoms with Crippen LogP contribution >= 0.6 is 11.5 Å². The van der Waals surface area contributed by atoms with Crippen molar-refractivity contribution < 1.29 is 0 Å². The van der Waals surface area contributed by atoms with E-state index in [1.165, 1.54) is 30.8 Å². The third-order valence-corrected chi connectivity index (χ3v) is 3.56. The lowest BCUT2D eigenvalue weighted by atomic mass is 10.0. The van der Waals surface area contributed by atoms with Gasteiger partial charge in [-0.05, 0) is 25.8 Å². The minimum Gasteiger partial charge on any atom is -0.343 e. The topological polar surface area (TPSA) is 41.0 Å². The van der Waals surface area contributed by atoms with E-state index in [4.69, 9.17) is 0 Å². The number of nitrogens with zero attached hydrogens (tertiary/aromatic N) is 3. The van der Waals surface area contributed by atoms with Gasteiger partial charge in [0, 0.05) is 30.7 Å². The zero-order valence-electron chi connectivity index (χ0n) is 9.15. The van der Waals surface area contributed by atoms with Crippen molar-refractivity contribution in [2.24, 2.45) is 0 Å². The van der Waals surface area contributed by atoms with Gasteiger partial charge in [-0.3, -0.25) is 0 Å². The van der Waals surface area contributed by atoms with Crippen molar-refractivity contribution in [3.8, 4) is 0 Å². The van der Waals surface area contributed by atoms with Crippen LogP contribution in [0.15, 0.2) is 6.33 Å². The van der Waals surface area contributed by atoms with Crippen LogP contribution in [0.2, 0.25) is 0 Å². The minimum atomic E-state index is 0.603. The molecule has 1 aromatic heterocycles. The first-order valence-corrected chi connectivity index (χ1v) is 6.43. The number of likely N-dealkylation sites (N-methyl/N-ethyl adjacent to an activating group) is 1. The molecule has 4 nitrogen and oxygen atoms in total. The molecule has 2 heterocycles. The molecule has 1 fully saturated rings. The summed E-state index contributed by atoms with van der Waals surface area (Å²) in [7, 11) is 0. The van der Waals surface area contributed by atoms with Crippen LogP contribution in [-0.4, -0.2) is 35.0 Å². The maximum Gasteiger partial charge on any atom is 0.205 e. The number of piperidine rings is 1. The highest BCUT2D eigenvalue weighted by Gasteiger charge is 2.23. The van der Waals surface area contributed by atoms with Crippen molar-refractivity contribution >= 4 is 16.7 Å². The Morgan fingerprint density at radius 2 is 2.53 bits per heavy atom. The van der Waals surface area contributed by atoms with E-state index < -0.39 is 0 Å². The van der Waals surface area contributed by atoms with E-state index >= 15 is 0 Å². The van der Waals surface area contributed by atoms with E-state index in [1.807, 2.05) is 0 Å². The molecule has 15 heavy (non-hydrogen) atoms. The van der Waals surface area contributed by atoms with Gasteiger partial charge in [0.1, 0.15) is 6.33 Å². The number of aromatic nitrogens is 2. The molecule has 0 radical (unpaired) electrons. The molecular weight excluding hydrogens is 208 g/mol. The van der Waals surface area contributed by atoms with Crippen molar-refractivity contribution in [2.45, 2.75) is 32.2 Å². The van der Waals surface area contributed by atoms with E-state index in [1.54, 1.807) is 6.33 Å². The molecule has 84 valence electrons. The second-order valence-electron chi connectivity index (χ2n) is 3.87. The molecule has 0 aliphatic carbocycles. The van der Waals surface area contributed by atoms with Crippen LogP contribution in [0.3, 0.4) is 0 Å². The Kier molecular flexibility index (Phi) is 3.91. The van der Waals surface area contributed by atoms with Gasteiger partial charge in [-0.15, -0.1) is 0 Å². The summed E-state index contributed by atoms with van der Waals surface area (Å²) in [5.41, 5.74) is 0. The van der Waals surface area contributed by atoms with Crippen molar-refractivity contribution in [3.63, 3.8) is 0 Å². The monoisotopic (exact) mass is 226 g/mol. The standard InChI is InChI=1S/C10H18N4S/c1-2-11-7-9-5-3-4-6-14(9)10-12-8-13-15-10/h8-9,11H,2-7H2,1H3. The van der Waals surface area contributed by atoms with Gasteiger partial charge in [-0.2, -0.15) is 4.37 Å². The zero-order valence-corrected chi connectivity index (χ0v) is 9.96. The highest BCUT2D eigenvalue weighted by Crippen LogP contribution is 2.24. The summed E-state index contributed by atoms with van der Waals surface area (Å²) in [4.78, 5) is 6.71. The Bertz CT molecular complexity index is 275. The molecule has 1 atom stereocenters. The smallest absolute Gasteiger partial charge is 0.205 e. The Hall–Kier alpha value is -0.680. The fraction of sp³-hybridized carbons (Fsp3) is 0.800. The third-order valence-electron chi connectivity index (χ3n) is 2.85. The molecule has 2 rings (SSSR count). The average molecular weight is 226 g/mol. The number of anilines is 1. The van der Waals surface area contributed by atoms with Crippen LogP contribution in [0, 0.1) is 0 Å². The van der Waals surface area contributed by atoms with Gasteiger partial charge in [0.15, 0.2) is 0 Å². The van der Waals surface area contributed by atoms with Crippen molar-refractivity contribution in [1.29, 1.82) is 0 Å². The zero-order chi connectivity index (χ0) is 10.5. The van der Waals surface area contributed by atoms with Crippen molar-refractivity contribution in [2.75, 3.05) is 24.5 Å². The lowest BCUT2D eigenvalue weighted by Crippen LogP contribution is -2.45. The number of nitrogens with one attached hydrogen (secondary N) is 1. The molecule has 1 saturated heterocycles. The van der Waals surface area contributed by atoms with Crippen molar-refractivity contribution in [3.05, 3.63) is 6.33 Å². The SMILES string of the molecule is CCNCC1CCCCN1c1ncns1. The van der Waals surface area contributed by atoms with Gasteiger partial charge in [0.05, 0.1) is 0 Å². The molecule has 1 N–H and O–H groups in total. The first-order valence-electron chi connectivity index (χ1n) is 5.66. The van der Waals surface area contributed by atoms with Gasteiger partial charge >= 0.3 is 0 Å².